The molecule has 2 aromatic rings. The number of thioether (sulfide) groups is 1. The predicted molar refractivity (Wildman–Crippen MR) is 95.7 cm³/mol. The van der Waals surface area contributed by atoms with Gasteiger partial charge in [0.1, 0.15) is 6.04 Å². The topological polar surface area (TPSA) is 33.4 Å². The van der Waals surface area contributed by atoms with Gasteiger partial charge in [0.15, 0.2) is 5.17 Å². The maximum atomic E-state index is 5.02. The first-order chi connectivity index (χ1) is 11.1. The van der Waals surface area contributed by atoms with E-state index in [-0.39, 0.29) is 12.1 Å². The predicted octanol–water partition coefficient (Wildman–Crippen LogP) is 4.05. The van der Waals surface area contributed by atoms with Gasteiger partial charge in [0.05, 0.1) is 11.7 Å². The summed E-state index contributed by atoms with van der Waals surface area (Å²) in [5.41, 5.74) is 2.40. The normalized spacial score (nSPS) is 26.7. The van der Waals surface area contributed by atoms with Gasteiger partial charge in [-0.05, 0) is 37.6 Å². The maximum absolute atomic E-state index is 5.02. The summed E-state index contributed by atoms with van der Waals surface area (Å²) in [5.74, 6) is 0. The number of pyridine rings is 1. The first kappa shape index (κ1) is 14.8. The Hall–Kier alpha value is -1.75. The van der Waals surface area contributed by atoms with Gasteiger partial charge >= 0.3 is 0 Å². The zero-order valence-electron chi connectivity index (χ0n) is 13.8. The number of aliphatic imine (C=N–C) groups is 1. The molecule has 0 amide bonds. The summed E-state index contributed by atoms with van der Waals surface area (Å²) in [6.45, 7) is 7.76. The van der Waals surface area contributed by atoms with Gasteiger partial charge in [-0.1, -0.05) is 24.8 Å². The Balaban J connectivity index is 1.74. The molecule has 3 atom stereocenters. The van der Waals surface area contributed by atoms with E-state index in [4.69, 9.17) is 4.99 Å². The number of rotatable bonds is 3. The van der Waals surface area contributed by atoms with Crippen LogP contribution in [0.2, 0.25) is 0 Å². The minimum absolute atomic E-state index is 0.0919. The molecule has 1 fully saturated rings. The van der Waals surface area contributed by atoms with Gasteiger partial charge in [-0.3, -0.25) is 9.98 Å². The maximum Gasteiger partial charge on any atom is 0.160 e. The van der Waals surface area contributed by atoms with Crippen molar-refractivity contribution in [3.63, 3.8) is 0 Å². The lowest BCUT2D eigenvalue weighted by molar-refractivity contribution is 0.321. The van der Waals surface area contributed by atoms with Gasteiger partial charge < -0.3 is 9.47 Å². The molecule has 3 unspecified atom stereocenters. The molecule has 23 heavy (non-hydrogen) atoms. The zero-order chi connectivity index (χ0) is 16.0. The van der Waals surface area contributed by atoms with Crippen LogP contribution < -0.4 is 0 Å². The van der Waals surface area contributed by atoms with Crippen molar-refractivity contribution in [1.82, 2.24) is 14.5 Å². The number of hydrogen-bond donors (Lipinski definition) is 0. The molecule has 2 aliphatic heterocycles. The molecular weight excluding hydrogens is 304 g/mol. The summed E-state index contributed by atoms with van der Waals surface area (Å²) in [7, 11) is 0. The molecule has 4 heterocycles. The second-order valence-corrected chi connectivity index (χ2v) is 8.03. The number of amidine groups is 1. The summed E-state index contributed by atoms with van der Waals surface area (Å²) in [6.07, 6.45) is 6.32. The molecular formula is C18H22N4S. The fourth-order valence-electron chi connectivity index (χ4n) is 3.40. The SMILES string of the molecule is CC1CN2C(=NC(c3ccccn3)C2c2ccn(C(C)C)c2)S1. The molecule has 0 bridgehead atoms. The largest absolute Gasteiger partial charge is 0.351 e. The molecule has 0 aliphatic carbocycles. The second-order valence-electron chi connectivity index (χ2n) is 6.62. The average Bonchev–Trinajstić information content (AvgIpc) is 3.21. The van der Waals surface area contributed by atoms with Crippen LogP contribution in [-0.2, 0) is 0 Å². The van der Waals surface area contributed by atoms with Crippen LogP contribution in [0, 0.1) is 0 Å². The molecule has 1 saturated heterocycles. The molecule has 2 aromatic heterocycles. The van der Waals surface area contributed by atoms with E-state index in [1.54, 1.807) is 0 Å². The Bertz CT molecular complexity index is 722. The second kappa shape index (κ2) is 5.71. The van der Waals surface area contributed by atoms with E-state index in [9.17, 15) is 0 Å². The minimum atomic E-state index is 0.0919. The van der Waals surface area contributed by atoms with E-state index in [0.29, 0.717) is 11.3 Å². The highest BCUT2D eigenvalue weighted by atomic mass is 32.2. The van der Waals surface area contributed by atoms with E-state index in [1.807, 2.05) is 24.0 Å². The molecule has 0 aromatic carbocycles. The molecule has 4 rings (SSSR count). The van der Waals surface area contributed by atoms with Crippen molar-refractivity contribution in [1.29, 1.82) is 0 Å². The smallest absolute Gasteiger partial charge is 0.160 e. The molecule has 5 heteroatoms. The Kier molecular flexibility index (Phi) is 3.68. The van der Waals surface area contributed by atoms with Crippen molar-refractivity contribution in [2.45, 2.75) is 44.1 Å². The van der Waals surface area contributed by atoms with Crippen LogP contribution in [0.1, 0.15) is 50.2 Å². The standard InChI is InChI=1S/C18H22N4S/c1-12(2)21-9-7-14(11-21)17-16(15-6-4-5-8-19-15)20-18-22(17)10-13(3)23-18/h4-9,11-13,16-17H,10H2,1-3H3. The molecule has 0 saturated carbocycles. The van der Waals surface area contributed by atoms with Gasteiger partial charge in [-0.25, -0.2) is 0 Å². The first-order valence-electron chi connectivity index (χ1n) is 8.23. The van der Waals surface area contributed by atoms with E-state index in [2.05, 4.69) is 65.8 Å². The van der Waals surface area contributed by atoms with Gasteiger partial charge in [0.25, 0.3) is 0 Å². The lowest BCUT2D eigenvalue weighted by Crippen LogP contribution is -2.28. The summed E-state index contributed by atoms with van der Waals surface area (Å²) < 4.78 is 2.27. The summed E-state index contributed by atoms with van der Waals surface area (Å²) in [4.78, 5) is 12.1. The minimum Gasteiger partial charge on any atom is -0.351 e. The average molecular weight is 326 g/mol. The van der Waals surface area contributed by atoms with Crippen LogP contribution in [-0.4, -0.2) is 31.4 Å². The third-order valence-corrected chi connectivity index (χ3v) is 5.66. The monoisotopic (exact) mass is 326 g/mol. The Morgan fingerprint density at radius 2 is 2.13 bits per heavy atom. The number of fused-ring (bicyclic) bond motifs is 1. The zero-order valence-corrected chi connectivity index (χ0v) is 14.6. The van der Waals surface area contributed by atoms with Crippen LogP contribution in [0.3, 0.4) is 0 Å². The van der Waals surface area contributed by atoms with E-state index in [1.165, 1.54) is 10.7 Å². The van der Waals surface area contributed by atoms with Gasteiger partial charge in [0.2, 0.25) is 0 Å². The van der Waals surface area contributed by atoms with Crippen molar-refractivity contribution >= 4 is 16.9 Å². The highest BCUT2D eigenvalue weighted by molar-refractivity contribution is 8.14. The summed E-state index contributed by atoms with van der Waals surface area (Å²) in [5, 5.41) is 1.78. The molecule has 4 nitrogen and oxygen atoms in total. The van der Waals surface area contributed by atoms with Crippen molar-refractivity contribution in [3.05, 3.63) is 54.1 Å². The molecule has 0 radical (unpaired) electrons. The molecule has 0 N–H and O–H groups in total. The number of hydrogen-bond acceptors (Lipinski definition) is 4. The third kappa shape index (κ3) is 2.57. The van der Waals surface area contributed by atoms with Crippen molar-refractivity contribution < 1.29 is 0 Å². The summed E-state index contributed by atoms with van der Waals surface area (Å²) in [6, 6.07) is 9.19. The van der Waals surface area contributed by atoms with Crippen LogP contribution in [0.15, 0.2) is 47.8 Å². The van der Waals surface area contributed by atoms with E-state index in [0.717, 1.165) is 12.2 Å². The first-order valence-corrected chi connectivity index (χ1v) is 9.11. The highest BCUT2D eigenvalue weighted by Crippen LogP contribution is 2.47. The summed E-state index contributed by atoms with van der Waals surface area (Å²) >= 11 is 1.89. The van der Waals surface area contributed by atoms with Crippen LogP contribution in [0.5, 0.6) is 0 Å². The molecule has 120 valence electrons. The third-order valence-electron chi connectivity index (χ3n) is 4.56. The quantitative estimate of drug-likeness (QED) is 0.853. The molecule has 0 spiro atoms. The van der Waals surface area contributed by atoms with Crippen molar-refractivity contribution in [2.75, 3.05) is 6.54 Å². The fraction of sp³-hybridized carbons (Fsp3) is 0.444. The highest BCUT2D eigenvalue weighted by Gasteiger charge is 2.43. The van der Waals surface area contributed by atoms with Crippen molar-refractivity contribution in [2.24, 2.45) is 4.99 Å². The van der Waals surface area contributed by atoms with Gasteiger partial charge in [-0.15, -0.1) is 0 Å². The van der Waals surface area contributed by atoms with E-state index >= 15 is 0 Å². The Morgan fingerprint density at radius 1 is 1.26 bits per heavy atom. The molecule has 2 aliphatic rings. The lowest BCUT2D eigenvalue weighted by Gasteiger charge is -2.26. The fourth-order valence-corrected chi connectivity index (χ4v) is 4.50. The van der Waals surface area contributed by atoms with Crippen LogP contribution in [0.4, 0.5) is 0 Å². The van der Waals surface area contributed by atoms with Crippen molar-refractivity contribution in [3.8, 4) is 0 Å². The van der Waals surface area contributed by atoms with Crippen LogP contribution in [0.25, 0.3) is 0 Å². The van der Waals surface area contributed by atoms with Gasteiger partial charge in [0, 0.05) is 36.4 Å². The van der Waals surface area contributed by atoms with Gasteiger partial charge in [-0.2, -0.15) is 0 Å². The lowest BCUT2D eigenvalue weighted by atomic mass is 9.99. The Labute approximate surface area is 141 Å². The van der Waals surface area contributed by atoms with Crippen LogP contribution >= 0.6 is 11.8 Å². The number of nitrogens with zero attached hydrogens (tertiary/aromatic N) is 4. The van der Waals surface area contributed by atoms with E-state index < -0.39 is 0 Å². The number of aromatic nitrogens is 2. The Morgan fingerprint density at radius 3 is 2.83 bits per heavy atom.